The number of carbonyl (C=O) groups excluding carboxylic acids is 1. The van der Waals surface area contributed by atoms with Crippen LogP contribution in [0.15, 0.2) is 59.2 Å². The summed E-state index contributed by atoms with van der Waals surface area (Å²) in [4.78, 5) is 16.0. The Balaban J connectivity index is 1.91. The van der Waals surface area contributed by atoms with Crippen LogP contribution in [-0.2, 0) is 9.53 Å². The van der Waals surface area contributed by atoms with Crippen LogP contribution in [-0.4, -0.2) is 18.5 Å². The maximum absolute atomic E-state index is 12.3. The molecular formula is C17H10ClF2NO3. The quantitative estimate of drug-likeness (QED) is 0.611. The fourth-order valence-electron chi connectivity index (χ4n) is 2.08. The van der Waals surface area contributed by atoms with Crippen LogP contribution in [0.1, 0.15) is 11.1 Å². The second-order valence-electron chi connectivity index (χ2n) is 4.76. The van der Waals surface area contributed by atoms with Gasteiger partial charge in [-0.2, -0.15) is 8.78 Å². The molecule has 0 unspecified atom stereocenters. The van der Waals surface area contributed by atoms with Crippen LogP contribution in [0, 0.1) is 0 Å². The molecule has 1 heterocycles. The van der Waals surface area contributed by atoms with Crippen molar-refractivity contribution in [3.05, 3.63) is 70.4 Å². The Morgan fingerprint density at radius 3 is 2.71 bits per heavy atom. The summed E-state index contributed by atoms with van der Waals surface area (Å²) in [6, 6.07) is 12.7. The Kier molecular flexibility index (Phi) is 4.57. The molecule has 2 aromatic rings. The van der Waals surface area contributed by atoms with E-state index in [1.807, 2.05) is 0 Å². The summed E-state index contributed by atoms with van der Waals surface area (Å²) in [5.41, 5.74) is 1.04. The number of hydrogen-bond donors (Lipinski definition) is 0. The van der Waals surface area contributed by atoms with E-state index in [-0.39, 0.29) is 17.3 Å². The largest absolute Gasteiger partial charge is 0.435 e. The van der Waals surface area contributed by atoms with Crippen LogP contribution >= 0.6 is 11.6 Å². The summed E-state index contributed by atoms with van der Waals surface area (Å²) < 4.78 is 34.0. The summed E-state index contributed by atoms with van der Waals surface area (Å²) in [6.07, 6.45) is 1.50. The molecule has 2 aromatic carbocycles. The second-order valence-corrected chi connectivity index (χ2v) is 5.17. The molecular weight excluding hydrogens is 340 g/mol. The van der Waals surface area contributed by atoms with Gasteiger partial charge in [0.25, 0.3) is 0 Å². The zero-order valence-corrected chi connectivity index (χ0v) is 12.8. The van der Waals surface area contributed by atoms with Crippen LogP contribution in [0.5, 0.6) is 5.75 Å². The van der Waals surface area contributed by atoms with E-state index >= 15 is 0 Å². The highest BCUT2D eigenvalue weighted by molar-refractivity contribution is 6.32. The Morgan fingerprint density at radius 2 is 1.96 bits per heavy atom. The van der Waals surface area contributed by atoms with Crippen LogP contribution in [0.2, 0.25) is 5.02 Å². The Morgan fingerprint density at radius 1 is 1.17 bits per heavy atom. The molecule has 0 saturated carbocycles. The lowest BCUT2D eigenvalue weighted by Crippen LogP contribution is -2.07. The maximum Gasteiger partial charge on any atom is 0.387 e. The predicted octanol–water partition coefficient (Wildman–Crippen LogP) is 4.29. The molecule has 1 aliphatic rings. The number of esters is 1. The molecule has 0 fully saturated rings. The highest BCUT2D eigenvalue weighted by Crippen LogP contribution is 2.24. The summed E-state index contributed by atoms with van der Waals surface area (Å²) in [6.45, 7) is -2.94. The highest BCUT2D eigenvalue weighted by Gasteiger charge is 2.24. The molecule has 0 saturated heterocycles. The van der Waals surface area contributed by atoms with Gasteiger partial charge in [0, 0.05) is 10.6 Å². The molecule has 122 valence electrons. The monoisotopic (exact) mass is 349 g/mol. The van der Waals surface area contributed by atoms with Crippen molar-refractivity contribution in [2.24, 2.45) is 4.99 Å². The molecule has 7 heteroatoms. The van der Waals surface area contributed by atoms with Crippen molar-refractivity contribution < 1.29 is 23.0 Å². The molecule has 0 bridgehead atoms. The van der Waals surface area contributed by atoms with Crippen molar-refractivity contribution in [2.75, 3.05) is 0 Å². The number of cyclic esters (lactones) is 1. The number of rotatable bonds is 4. The van der Waals surface area contributed by atoms with Gasteiger partial charge in [0.05, 0.1) is 0 Å². The van der Waals surface area contributed by atoms with Gasteiger partial charge in [0.1, 0.15) is 5.75 Å². The third-order valence-electron chi connectivity index (χ3n) is 3.12. The number of benzene rings is 2. The Hall–Kier alpha value is -2.73. The van der Waals surface area contributed by atoms with Crippen LogP contribution < -0.4 is 4.74 Å². The van der Waals surface area contributed by atoms with Crippen LogP contribution in [0.25, 0.3) is 6.08 Å². The first-order valence-corrected chi connectivity index (χ1v) is 7.23. The number of hydrogen-bond acceptors (Lipinski definition) is 4. The molecule has 0 N–H and O–H groups in total. The topological polar surface area (TPSA) is 47.9 Å². The summed E-state index contributed by atoms with van der Waals surface area (Å²) in [7, 11) is 0. The van der Waals surface area contributed by atoms with E-state index < -0.39 is 12.6 Å². The molecule has 0 aromatic heterocycles. The molecule has 1 aliphatic heterocycles. The second kappa shape index (κ2) is 6.80. The van der Waals surface area contributed by atoms with Gasteiger partial charge in [-0.3, -0.25) is 0 Å². The molecule has 0 spiro atoms. The Labute approximate surface area is 141 Å². The van der Waals surface area contributed by atoms with Crippen molar-refractivity contribution in [1.29, 1.82) is 0 Å². The first kappa shape index (κ1) is 16.1. The number of ether oxygens (including phenoxy) is 2. The third kappa shape index (κ3) is 3.60. The lowest BCUT2D eigenvalue weighted by atomic mass is 10.2. The van der Waals surface area contributed by atoms with Crippen LogP contribution in [0.4, 0.5) is 8.78 Å². The smallest absolute Gasteiger partial charge is 0.387 e. The van der Waals surface area contributed by atoms with Gasteiger partial charge in [0.15, 0.2) is 5.70 Å². The normalized spacial score (nSPS) is 15.6. The van der Waals surface area contributed by atoms with Crippen molar-refractivity contribution in [1.82, 2.24) is 0 Å². The zero-order valence-electron chi connectivity index (χ0n) is 12.1. The fourth-order valence-corrected chi connectivity index (χ4v) is 2.27. The molecule has 0 aliphatic carbocycles. The number of aliphatic imine (C=N–C) groups is 1. The average molecular weight is 350 g/mol. The number of halogens is 3. The van der Waals surface area contributed by atoms with E-state index in [1.165, 1.54) is 24.3 Å². The molecule has 0 amide bonds. The zero-order chi connectivity index (χ0) is 17.1. The molecule has 0 atom stereocenters. The van der Waals surface area contributed by atoms with Crippen LogP contribution in [0.3, 0.4) is 0 Å². The maximum atomic E-state index is 12.3. The van der Waals surface area contributed by atoms with Gasteiger partial charge >= 0.3 is 12.6 Å². The molecule has 24 heavy (non-hydrogen) atoms. The third-order valence-corrected chi connectivity index (χ3v) is 3.47. The van der Waals surface area contributed by atoms with Gasteiger partial charge in [0.2, 0.25) is 5.90 Å². The van der Waals surface area contributed by atoms with Gasteiger partial charge in [-0.05, 0) is 35.9 Å². The minimum atomic E-state index is -2.94. The number of nitrogens with zero attached hydrogens (tertiary/aromatic N) is 1. The lowest BCUT2D eigenvalue weighted by molar-refractivity contribution is -0.129. The lowest BCUT2D eigenvalue weighted by Gasteiger charge is -2.05. The standard InChI is InChI=1S/C17H10ClF2NO3/c18-13-7-2-1-4-10(13)9-14-16(22)24-15(21-14)11-5-3-6-12(8-11)23-17(19)20/h1-9,17H/b14-9-. The average Bonchev–Trinajstić information content (AvgIpc) is 2.90. The summed E-state index contributed by atoms with van der Waals surface area (Å²) in [5.74, 6) is -0.687. The van der Waals surface area contributed by atoms with Crippen molar-refractivity contribution in [3.63, 3.8) is 0 Å². The summed E-state index contributed by atoms with van der Waals surface area (Å²) in [5, 5.41) is 0.466. The van der Waals surface area contributed by atoms with Gasteiger partial charge in [-0.1, -0.05) is 35.9 Å². The van der Waals surface area contributed by atoms with E-state index in [4.69, 9.17) is 16.3 Å². The Bertz CT molecular complexity index is 849. The first-order valence-electron chi connectivity index (χ1n) is 6.85. The SMILES string of the molecule is O=C1OC(c2cccc(OC(F)F)c2)=N/C1=C\c1ccccc1Cl. The van der Waals surface area contributed by atoms with E-state index in [1.54, 1.807) is 30.3 Å². The predicted molar refractivity (Wildman–Crippen MR) is 85.1 cm³/mol. The van der Waals surface area contributed by atoms with E-state index in [0.29, 0.717) is 16.1 Å². The van der Waals surface area contributed by atoms with E-state index in [2.05, 4.69) is 9.73 Å². The molecule has 0 radical (unpaired) electrons. The number of alkyl halides is 2. The minimum absolute atomic E-state index is 0.0121. The fraction of sp³-hybridized carbons (Fsp3) is 0.0588. The first-order chi connectivity index (χ1) is 11.5. The highest BCUT2D eigenvalue weighted by atomic mass is 35.5. The molecule has 3 rings (SSSR count). The van der Waals surface area contributed by atoms with Gasteiger partial charge in [-0.15, -0.1) is 0 Å². The van der Waals surface area contributed by atoms with Gasteiger partial charge < -0.3 is 9.47 Å². The van der Waals surface area contributed by atoms with Crippen molar-refractivity contribution in [2.45, 2.75) is 6.61 Å². The van der Waals surface area contributed by atoms with E-state index in [0.717, 1.165) is 0 Å². The van der Waals surface area contributed by atoms with Crippen molar-refractivity contribution in [3.8, 4) is 5.75 Å². The van der Waals surface area contributed by atoms with Crippen molar-refractivity contribution >= 4 is 29.5 Å². The molecule has 4 nitrogen and oxygen atoms in total. The minimum Gasteiger partial charge on any atom is -0.435 e. The summed E-state index contributed by atoms with van der Waals surface area (Å²) >= 11 is 6.04. The van der Waals surface area contributed by atoms with Gasteiger partial charge in [-0.25, -0.2) is 9.79 Å². The number of carbonyl (C=O) groups is 1. The van der Waals surface area contributed by atoms with E-state index in [9.17, 15) is 13.6 Å².